The molecule has 0 amide bonds. The van der Waals surface area contributed by atoms with Crippen LogP contribution in [0.25, 0.3) is 0 Å². The Hall–Kier alpha value is -1.41. The quantitative estimate of drug-likeness (QED) is 0.613. The lowest BCUT2D eigenvalue weighted by Gasteiger charge is -2.24. The number of rotatable bonds is 0. The van der Waals surface area contributed by atoms with Gasteiger partial charge in [-0.3, -0.25) is 0 Å². The van der Waals surface area contributed by atoms with Gasteiger partial charge in [-0.1, -0.05) is 30.4 Å². The van der Waals surface area contributed by atoms with Gasteiger partial charge < -0.3 is 4.74 Å². The standard InChI is InChI=1S/C13H10OS/c15-11-5-6-13-10(8-11)7-9-3-1-2-4-12(9)14-13/h1-4,6,8H,5,7H2. The number of benzene rings is 1. The molecule has 1 aliphatic heterocycles. The predicted molar refractivity (Wildman–Crippen MR) is 64.2 cm³/mol. The van der Waals surface area contributed by atoms with E-state index in [1.54, 1.807) is 0 Å². The van der Waals surface area contributed by atoms with Crippen molar-refractivity contribution in [2.45, 2.75) is 12.8 Å². The summed E-state index contributed by atoms with van der Waals surface area (Å²) in [5.41, 5.74) is 2.45. The average molecular weight is 214 g/mol. The molecule has 2 heteroatoms. The van der Waals surface area contributed by atoms with E-state index in [0.717, 1.165) is 29.2 Å². The Labute approximate surface area is 94.1 Å². The minimum absolute atomic E-state index is 0.830. The Balaban J connectivity index is 2.07. The van der Waals surface area contributed by atoms with Gasteiger partial charge >= 0.3 is 0 Å². The number of hydrogen-bond donors (Lipinski definition) is 0. The molecule has 2 aliphatic rings. The van der Waals surface area contributed by atoms with Crippen molar-refractivity contribution < 1.29 is 4.74 Å². The third-order valence-corrected chi connectivity index (χ3v) is 3.00. The molecule has 0 bridgehead atoms. The van der Waals surface area contributed by atoms with E-state index >= 15 is 0 Å². The van der Waals surface area contributed by atoms with Crippen LogP contribution in [0.5, 0.6) is 5.75 Å². The van der Waals surface area contributed by atoms with Gasteiger partial charge in [0, 0.05) is 23.3 Å². The summed E-state index contributed by atoms with van der Waals surface area (Å²) in [6.45, 7) is 0. The summed E-state index contributed by atoms with van der Waals surface area (Å²) >= 11 is 5.20. The first kappa shape index (κ1) is 8.86. The summed E-state index contributed by atoms with van der Waals surface area (Å²) in [4.78, 5) is 0.997. The molecular weight excluding hydrogens is 204 g/mol. The molecule has 0 saturated carbocycles. The Kier molecular flexibility index (Phi) is 1.96. The maximum atomic E-state index is 5.82. The normalized spacial score (nSPS) is 18.3. The average Bonchev–Trinajstić information content (AvgIpc) is 2.26. The van der Waals surface area contributed by atoms with Crippen LogP contribution in [0, 0.1) is 0 Å². The van der Waals surface area contributed by atoms with E-state index in [2.05, 4.69) is 18.2 Å². The highest BCUT2D eigenvalue weighted by atomic mass is 32.1. The lowest BCUT2D eigenvalue weighted by molar-refractivity contribution is 0.412. The van der Waals surface area contributed by atoms with E-state index in [-0.39, 0.29) is 0 Å². The van der Waals surface area contributed by atoms with Gasteiger partial charge in [0.25, 0.3) is 0 Å². The Morgan fingerprint density at radius 1 is 1.20 bits per heavy atom. The maximum absolute atomic E-state index is 5.82. The van der Waals surface area contributed by atoms with E-state index < -0.39 is 0 Å². The summed E-state index contributed by atoms with van der Waals surface area (Å²) in [5.74, 6) is 1.97. The number of para-hydroxylation sites is 1. The zero-order valence-electron chi connectivity index (χ0n) is 8.19. The molecule has 15 heavy (non-hydrogen) atoms. The van der Waals surface area contributed by atoms with Crippen molar-refractivity contribution in [3.05, 3.63) is 53.3 Å². The van der Waals surface area contributed by atoms with E-state index in [4.69, 9.17) is 17.0 Å². The number of allylic oxidation sites excluding steroid dienone is 3. The van der Waals surface area contributed by atoms with Crippen LogP contribution in [0.3, 0.4) is 0 Å². The van der Waals surface area contributed by atoms with Gasteiger partial charge in [0.1, 0.15) is 11.5 Å². The molecular formula is C13H10OS. The molecule has 0 fully saturated rings. The van der Waals surface area contributed by atoms with Gasteiger partial charge in [-0.2, -0.15) is 0 Å². The second-order valence-corrected chi connectivity index (χ2v) is 4.32. The third kappa shape index (κ3) is 1.51. The monoisotopic (exact) mass is 214 g/mol. The first-order chi connectivity index (χ1) is 7.33. The minimum Gasteiger partial charge on any atom is -0.457 e. The molecule has 1 nitrogen and oxygen atoms in total. The molecule has 0 atom stereocenters. The second kappa shape index (κ2) is 3.31. The molecule has 3 rings (SSSR count). The molecule has 0 spiro atoms. The minimum atomic E-state index is 0.830. The van der Waals surface area contributed by atoms with Crippen LogP contribution in [0.1, 0.15) is 12.0 Å². The van der Waals surface area contributed by atoms with Crippen molar-refractivity contribution in [3.63, 3.8) is 0 Å². The summed E-state index contributed by atoms with van der Waals surface area (Å²) in [5, 5.41) is 0. The number of ether oxygens (including phenoxy) is 1. The van der Waals surface area contributed by atoms with Gasteiger partial charge in [0.2, 0.25) is 0 Å². The van der Waals surface area contributed by atoms with Crippen LogP contribution < -0.4 is 4.74 Å². The fourth-order valence-corrected chi connectivity index (χ4v) is 2.19. The third-order valence-electron chi connectivity index (χ3n) is 2.71. The van der Waals surface area contributed by atoms with Crippen LogP contribution in [0.2, 0.25) is 0 Å². The molecule has 0 radical (unpaired) electrons. The van der Waals surface area contributed by atoms with Crippen molar-refractivity contribution in [2.24, 2.45) is 0 Å². The van der Waals surface area contributed by atoms with Crippen LogP contribution in [0.4, 0.5) is 0 Å². The van der Waals surface area contributed by atoms with Gasteiger partial charge in [-0.25, -0.2) is 0 Å². The summed E-state index contributed by atoms with van der Waals surface area (Å²) in [6, 6.07) is 8.16. The first-order valence-electron chi connectivity index (χ1n) is 5.02. The van der Waals surface area contributed by atoms with Gasteiger partial charge in [0.15, 0.2) is 0 Å². The highest BCUT2D eigenvalue weighted by Gasteiger charge is 2.21. The molecule has 1 aliphatic carbocycles. The van der Waals surface area contributed by atoms with Crippen molar-refractivity contribution >= 4 is 17.1 Å². The maximum Gasteiger partial charge on any atom is 0.130 e. The van der Waals surface area contributed by atoms with Gasteiger partial charge in [0.05, 0.1) is 0 Å². The summed E-state index contributed by atoms with van der Waals surface area (Å²) < 4.78 is 5.82. The fourth-order valence-electron chi connectivity index (χ4n) is 1.97. The number of fused-ring (bicyclic) bond motifs is 2. The van der Waals surface area contributed by atoms with Crippen molar-refractivity contribution in [2.75, 3.05) is 0 Å². The predicted octanol–water partition coefficient (Wildman–Crippen LogP) is 3.21. The lowest BCUT2D eigenvalue weighted by atomic mass is 9.95. The fraction of sp³-hybridized carbons (Fsp3) is 0.154. The van der Waals surface area contributed by atoms with Crippen molar-refractivity contribution in [1.29, 1.82) is 0 Å². The smallest absolute Gasteiger partial charge is 0.130 e. The van der Waals surface area contributed by atoms with Crippen LogP contribution in [-0.4, -0.2) is 4.86 Å². The van der Waals surface area contributed by atoms with E-state index in [9.17, 15) is 0 Å². The Morgan fingerprint density at radius 2 is 2.07 bits per heavy atom. The Bertz CT molecular complexity index is 497. The zero-order chi connectivity index (χ0) is 10.3. The van der Waals surface area contributed by atoms with Crippen LogP contribution >= 0.6 is 12.2 Å². The number of thiocarbonyl (C=S) groups is 1. The number of hydrogen-bond acceptors (Lipinski definition) is 2. The van der Waals surface area contributed by atoms with Crippen molar-refractivity contribution in [3.8, 4) is 5.75 Å². The molecule has 0 unspecified atom stereocenters. The van der Waals surface area contributed by atoms with Crippen LogP contribution in [-0.2, 0) is 6.42 Å². The molecule has 0 N–H and O–H groups in total. The van der Waals surface area contributed by atoms with E-state index in [0.29, 0.717) is 0 Å². The molecule has 0 aromatic heterocycles. The summed E-state index contributed by atoms with van der Waals surface area (Å²) in [6.07, 6.45) is 5.91. The van der Waals surface area contributed by atoms with Gasteiger partial charge in [-0.05, 0) is 23.8 Å². The molecule has 0 saturated heterocycles. The van der Waals surface area contributed by atoms with Crippen molar-refractivity contribution in [1.82, 2.24) is 0 Å². The molecule has 1 aromatic rings. The van der Waals surface area contributed by atoms with E-state index in [1.807, 2.05) is 18.2 Å². The topological polar surface area (TPSA) is 9.23 Å². The second-order valence-electron chi connectivity index (χ2n) is 3.79. The molecule has 1 heterocycles. The lowest BCUT2D eigenvalue weighted by Crippen LogP contribution is -2.14. The SMILES string of the molecule is S=C1C=C2Cc3ccccc3OC2=CC1. The molecule has 74 valence electrons. The highest BCUT2D eigenvalue weighted by Crippen LogP contribution is 2.34. The largest absolute Gasteiger partial charge is 0.457 e. The summed E-state index contributed by atoms with van der Waals surface area (Å²) in [7, 11) is 0. The zero-order valence-corrected chi connectivity index (χ0v) is 9.01. The molecule has 1 aromatic carbocycles. The van der Waals surface area contributed by atoms with Crippen LogP contribution in [0.15, 0.2) is 47.7 Å². The van der Waals surface area contributed by atoms with E-state index in [1.165, 1.54) is 11.1 Å². The van der Waals surface area contributed by atoms with Gasteiger partial charge in [-0.15, -0.1) is 0 Å². The Morgan fingerprint density at radius 3 is 3.00 bits per heavy atom. The highest BCUT2D eigenvalue weighted by molar-refractivity contribution is 7.80. The first-order valence-corrected chi connectivity index (χ1v) is 5.43.